The zero-order valence-corrected chi connectivity index (χ0v) is 15.2. The van der Waals surface area contributed by atoms with Crippen LogP contribution in [0.2, 0.25) is 0 Å². The number of benzene rings is 1. The molecule has 0 aromatic heterocycles. The Morgan fingerprint density at radius 3 is 1.77 bits per heavy atom. The minimum absolute atomic E-state index is 0.681. The van der Waals surface area contributed by atoms with Crippen LogP contribution in [0.15, 0.2) is 12.1 Å². The van der Waals surface area contributed by atoms with E-state index in [2.05, 4.69) is 31.0 Å². The zero-order valence-electron chi connectivity index (χ0n) is 14.2. The monoisotopic (exact) mass is 321 g/mol. The van der Waals surface area contributed by atoms with Crippen LogP contribution in [0.1, 0.15) is 59.3 Å². The van der Waals surface area contributed by atoms with Crippen molar-refractivity contribution in [2.24, 2.45) is 0 Å². The molecule has 0 aliphatic heterocycles. The second-order valence-corrected chi connectivity index (χ2v) is 5.91. The molecule has 0 aliphatic rings. The Bertz CT molecular complexity index is 421. The molecular formula is C18H29O3Si. The van der Waals surface area contributed by atoms with E-state index in [-0.39, 0.29) is 0 Å². The lowest BCUT2D eigenvalue weighted by Gasteiger charge is -2.18. The third-order valence-corrected chi connectivity index (χ3v) is 3.71. The summed E-state index contributed by atoms with van der Waals surface area (Å²) in [7, 11) is 3.62. The molecule has 4 heteroatoms. The normalized spacial score (nSPS) is 10.5. The molecule has 0 fully saturated rings. The molecule has 0 saturated carbocycles. The van der Waals surface area contributed by atoms with Crippen LogP contribution >= 0.6 is 0 Å². The smallest absolute Gasteiger partial charge is 0.203 e. The van der Waals surface area contributed by atoms with Gasteiger partial charge in [-0.15, -0.1) is 0 Å². The maximum atomic E-state index is 5.97. The molecule has 1 aromatic carbocycles. The van der Waals surface area contributed by atoms with Crippen LogP contribution in [0, 0.1) is 0 Å². The molecule has 22 heavy (non-hydrogen) atoms. The van der Waals surface area contributed by atoms with Crippen LogP contribution in [0.4, 0.5) is 0 Å². The van der Waals surface area contributed by atoms with Gasteiger partial charge in [-0.2, -0.15) is 0 Å². The lowest BCUT2D eigenvalue weighted by Crippen LogP contribution is -2.14. The first kappa shape index (κ1) is 18.9. The molecule has 0 atom stereocenters. The summed E-state index contributed by atoms with van der Waals surface area (Å²) in [6.45, 7) is 8.54. The van der Waals surface area contributed by atoms with Crippen molar-refractivity contribution < 1.29 is 14.2 Å². The molecule has 0 heterocycles. The average molecular weight is 322 g/mol. The highest BCUT2D eigenvalue weighted by molar-refractivity contribution is 6.34. The van der Waals surface area contributed by atoms with Crippen molar-refractivity contribution in [3.63, 3.8) is 0 Å². The van der Waals surface area contributed by atoms with Gasteiger partial charge in [0.15, 0.2) is 11.5 Å². The van der Waals surface area contributed by atoms with E-state index in [9.17, 15) is 0 Å². The van der Waals surface area contributed by atoms with Crippen LogP contribution in [-0.2, 0) is 0 Å². The lowest BCUT2D eigenvalue weighted by atomic mass is 10.2. The Labute approximate surface area is 138 Å². The van der Waals surface area contributed by atoms with E-state index in [0.717, 1.165) is 61.0 Å². The van der Waals surface area contributed by atoms with Gasteiger partial charge in [-0.1, -0.05) is 46.1 Å². The molecule has 3 nitrogen and oxygen atoms in total. The fourth-order valence-corrected chi connectivity index (χ4v) is 2.17. The van der Waals surface area contributed by atoms with Crippen LogP contribution in [0.25, 0.3) is 0 Å². The molecule has 0 spiro atoms. The van der Waals surface area contributed by atoms with Crippen molar-refractivity contribution in [1.82, 2.24) is 0 Å². The largest absolute Gasteiger partial charge is 0.490 e. The van der Waals surface area contributed by atoms with E-state index in [1.165, 1.54) is 0 Å². The molecule has 1 aromatic rings. The van der Waals surface area contributed by atoms with Gasteiger partial charge in [0.05, 0.1) is 30.1 Å². The molecule has 123 valence electrons. The standard InChI is InChI=1S/C18H29O3Si/c1-4-7-12-19-15-10-11-16(22)18(21-14-9-6-3)17(15)20-13-8-5-2/h10-11H,4-9,12-14H2,1-3H3. The highest BCUT2D eigenvalue weighted by atomic mass is 28.1. The summed E-state index contributed by atoms with van der Waals surface area (Å²) in [6.07, 6.45) is 6.41. The quantitative estimate of drug-likeness (QED) is 0.430. The number of rotatable bonds is 12. The molecule has 0 unspecified atom stereocenters. The second-order valence-electron chi connectivity index (χ2n) is 5.38. The van der Waals surface area contributed by atoms with Gasteiger partial charge in [-0.3, -0.25) is 0 Å². The van der Waals surface area contributed by atoms with Crippen LogP contribution in [0.5, 0.6) is 17.2 Å². The molecule has 1 rings (SSSR count). The van der Waals surface area contributed by atoms with Crippen LogP contribution < -0.4 is 19.4 Å². The second kappa shape index (κ2) is 11.4. The Balaban J connectivity index is 2.89. The van der Waals surface area contributed by atoms with E-state index in [0.29, 0.717) is 19.8 Å². The number of ether oxygens (including phenoxy) is 3. The predicted molar refractivity (Wildman–Crippen MR) is 93.0 cm³/mol. The van der Waals surface area contributed by atoms with Gasteiger partial charge in [-0.05, 0) is 30.5 Å². The topological polar surface area (TPSA) is 27.7 Å². The van der Waals surface area contributed by atoms with E-state index >= 15 is 0 Å². The summed E-state index contributed by atoms with van der Waals surface area (Å²) in [5.74, 6) is 2.27. The van der Waals surface area contributed by atoms with Crippen molar-refractivity contribution in [2.75, 3.05) is 19.8 Å². The van der Waals surface area contributed by atoms with E-state index in [4.69, 9.17) is 14.2 Å². The minimum atomic E-state index is 0.681. The first-order valence-electron chi connectivity index (χ1n) is 8.51. The molecule has 0 amide bonds. The van der Waals surface area contributed by atoms with Gasteiger partial charge in [0, 0.05) is 0 Å². The van der Waals surface area contributed by atoms with Gasteiger partial charge >= 0.3 is 0 Å². The van der Waals surface area contributed by atoms with Crippen molar-refractivity contribution >= 4 is 15.4 Å². The van der Waals surface area contributed by atoms with Crippen LogP contribution in [0.3, 0.4) is 0 Å². The third kappa shape index (κ3) is 6.30. The summed E-state index contributed by atoms with van der Waals surface area (Å²) in [4.78, 5) is 0. The predicted octanol–water partition coefficient (Wildman–Crippen LogP) is 4.02. The van der Waals surface area contributed by atoms with E-state index in [1.807, 2.05) is 12.1 Å². The van der Waals surface area contributed by atoms with Gasteiger partial charge in [0.2, 0.25) is 5.75 Å². The number of hydrogen-bond donors (Lipinski definition) is 0. The fraction of sp³-hybridized carbons (Fsp3) is 0.667. The highest BCUT2D eigenvalue weighted by Crippen LogP contribution is 2.36. The fourth-order valence-electron chi connectivity index (χ4n) is 1.90. The lowest BCUT2D eigenvalue weighted by molar-refractivity contribution is 0.238. The molecular weight excluding hydrogens is 292 g/mol. The Morgan fingerprint density at radius 2 is 1.23 bits per heavy atom. The highest BCUT2D eigenvalue weighted by Gasteiger charge is 2.15. The van der Waals surface area contributed by atoms with Crippen molar-refractivity contribution in [3.05, 3.63) is 12.1 Å². The average Bonchev–Trinajstić information content (AvgIpc) is 2.52. The van der Waals surface area contributed by atoms with Gasteiger partial charge in [-0.25, -0.2) is 0 Å². The summed E-state index contributed by atoms with van der Waals surface area (Å²) >= 11 is 0. The van der Waals surface area contributed by atoms with Crippen molar-refractivity contribution in [2.45, 2.75) is 59.3 Å². The molecule has 0 N–H and O–H groups in total. The van der Waals surface area contributed by atoms with Gasteiger partial charge in [0.1, 0.15) is 0 Å². The Morgan fingerprint density at radius 1 is 0.727 bits per heavy atom. The maximum Gasteiger partial charge on any atom is 0.203 e. The number of hydrogen-bond acceptors (Lipinski definition) is 3. The van der Waals surface area contributed by atoms with E-state index in [1.54, 1.807) is 0 Å². The molecule has 0 aliphatic carbocycles. The van der Waals surface area contributed by atoms with Crippen molar-refractivity contribution in [1.29, 1.82) is 0 Å². The first-order chi connectivity index (χ1) is 10.7. The summed E-state index contributed by atoms with van der Waals surface area (Å²) in [5.41, 5.74) is 0. The SMILES string of the molecule is CCCCOc1ccc([Si])c(OCCCC)c1OCCCC. The maximum absolute atomic E-state index is 5.97. The van der Waals surface area contributed by atoms with Crippen LogP contribution in [-0.4, -0.2) is 30.1 Å². The summed E-state index contributed by atoms with van der Waals surface area (Å²) < 4.78 is 17.8. The summed E-state index contributed by atoms with van der Waals surface area (Å²) in [6, 6.07) is 3.91. The molecule has 0 bridgehead atoms. The van der Waals surface area contributed by atoms with Crippen molar-refractivity contribution in [3.8, 4) is 17.2 Å². The summed E-state index contributed by atoms with van der Waals surface area (Å²) in [5, 5.41) is 0.908. The first-order valence-corrected chi connectivity index (χ1v) is 9.01. The number of unbranched alkanes of at least 4 members (excludes halogenated alkanes) is 3. The Hall–Kier alpha value is -1.16. The van der Waals surface area contributed by atoms with Gasteiger partial charge < -0.3 is 14.2 Å². The third-order valence-electron chi connectivity index (χ3n) is 3.32. The molecule has 0 saturated heterocycles. The Kier molecular flexibility index (Phi) is 9.79. The minimum Gasteiger partial charge on any atom is -0.490 e. The van der Waals surface area contributed by atoms with E-state index < -0.39 is 0 Å². The molecule has 3 radical (unpaired) electrons. The zero-order chi connectivity index (χ0) is 16.2. The van der Waals surface area contributed by atoms with Gasteiger partial charge in [0.25, 0.3) is 0 Å².